The highest BCUT2D eigenvalue weighted by Crippen LogP contribution is 2.20. The second kappa shape index (κ2) is 7.06. The summed E-state index contributed by atoms with van der Waals surface area (Å²) >= 11 is 3.59. The van der Waals surface area contributed by atoms with Crippen LogP contribution in [0.25, 0.3) is 0 Å². The molecule has 0 aliphatic heterocycles. The van der Waals surface area contributed by atoms with Gasteiger partial charge in [0.2, 0.25) is 5.13 Å². The van der Waals surface area contributed by atoms with Crippen LogP contribution in [0.3, 0.4) is 0 Å². The molecule has 0 aliphatic rings. The summed E-state index contributed by atoms with van der Waals surface area (Å²) in [5.74, 6) is 2.24. The number of thioether (sulfide) groups is 1. The topological polar surface area (TPSA) is 37.8 Å². The second-order valence-corrected chi connectivity index (χ2v) is 5.18. The lowest BCUT2D eigenvalue weighted by Gasteiger charge is -1.96. The van der Waals surface area contributed by atoms with Crippen LogP contribution in [-0.4, -0.2) is 23.0 Å². The van der Waals surface area contributed by atoms with Crippen LogP contribution in [0.5, 0.6) is 0 Å². The molecular weight excluding hydrogens is 214 g/mol. The highest BCUT2D eigenvalue weighted by molar-refractivity contribution is 7.98. The monoisotopic (exact) mass is 231 g/mol. The van der Waals surface area contributed by atoms with E-state index in [1.807, 2.05) is 18.8 Å². The first-order chi connectivity index (χ1) is 6.86. The van der Waals surface area contributed by atoms with E-state index in [0.717, 1.165) is 15.9 Å². The Morgan fingerprint density at radius 1 is 1.36 bits per heavy atom. The lowest BCUT2D eigenvalue weighted by Crippen LogP contribution is -1.85. The lowest BCUT2D eigenvalue weighted by molar-refractivity contribution is 0.778. The summed E-state index contributed by atoms with van der Waals surface area (Å²) in [6.07, 6.45) is 3.95. The fourth-order valence-corrected chi connectivity index (χ4v) is 2.79. The Morgan fingerprint density at radius 3 is 2.86 bits per heavy atom. The Labute approximate surface area is 93.7 Å². The van der Waals surface area contributed by atoms with Gasteiger partial charge in [0.05, 0.1) is 0 Å². The maximum atomic E-state index is 4.09. The molecule has 1 aromatic heterocycles. The molecule has 0 atom stereocenters. The van der Waals surface area contributed by atoms with Gasteiger partial charge in [0.1, 0.15) is 5.01 Å². The predicted octanol–water partition coefficient (Wildman–Crippen LogP) is 3.00. The van der Waals surface area contributed by atoms with E-state index in [2.05, 4.69) is 22.4 Å². The maximum Gasteiger partial charge on any atom is 0.205 e. The molecule has 0 bridgehead atoms. The number of aromatic nitrogens is 2. The molecule has 0 amide bonds. The molecule has 0 aromatic carbocycles. The highest BCUT2D eigenvalue weighted by atomic mass is 32.2. The molecule has 0 spiro atoms. The first-order valence-corrected chi connectivity index (χ1v) is 6.91. The van der Waals surface area contributed by atoms with E-state index in [4.69, 9.17) is 0 Å². The van der Waals surface area contributed by atoms with Crippen molar-refractivity contribution in [2.24, 2.45) is 0 Å². The van der Waals surface area contributed by atoms with Gasteiger partial charge >= 0.3 is 0 Å². The van der Waals surface area contributed by atoms with E-state index < -0.39 is 0 Å². The number of hydrogen-bond donors (Lipinski definition) is 1. The standard InChI is InChI=1S/C9H17N3S2/c1-3-4-5-6-13-7-8-11-12-9(10-2)14-8/h3-7H2,1-2H3,(H,10,12). The summed E-state index contributed by atoms with van der Waals surface area (Å²) in [7, 11) is 1.87. The lowest BCUT2D eigenvalue weighted by atomic mass is 10.3. The molecule has 1 N–H and O–H groups in total. The smallest absolute Gasteiger partial charge is 0.205 e. The zero-order chi connectivity index (χ0) is 10.2. The van der Waals surface area contributed by atoms with E-state index in [-0.39, 0.29) is 0 Å². The van der Waals surface area contributed by atoms with E-state index >= 15 is 0 Å². The van der Waals surface area contributed by atoms with Crippen LogP contribution in [0.15, 0.2) is 0 Å². The number of unbranched alkanes of at least 4 members (excludes halogenated alkanes) is 2. The molecule has 5 heteroatoms. The first kappa shape index (κ1) is 11.8. The molecule has 0 radical (unpaired) electrons. The van der Waals surface area contributed by atoms with Gasteiger partial charge in [-0.15, -0.1) is 10.2 Å². The molecule has 14 heavy (non-hydrogen) atoms. The van der Waals surface area contributed by atoms with E-state index in [9.17, 15) is 0 Å². The molecule has 0 saturated carbocycles. The Morgan fingerprint density at radius 2 is 2.21 bits per heavy atom. The normalized spacial score (nSPS) is 10.4. The summed E-state index contributed by atoms with van der Waals surface area (Å²) in [4.78, 5) is 0. The third kappa shape index (κ3) is 4.28. The third-order valence-electron chi connectivity index (χ3n) is 1.80. The molecular formula is C9H17N3S2. The van der Waals surface area contributed by atoms with Crippen molar-refractivity contribution in [2.45, 2.75) is 31.9 Å². The van der Waals surface area contributed by atoms with Crippen molar-refractivity contribution in [1.82, 2.24) is 10.2 Å². The zero-order valence-electron chi connectivity index (χ0n) is 8.75. The van der Waals surface area contributed by atoms with Crippen LogP contribution >= 0.6 is 23.1 Å². The molecule has 3 nitrogen and oxygen atoms in total. The first-order valence-electron chi connectivity index (χ1n) is 4.94. The van der Waals surface area contributed by atoms with Crippen LogP contribution < -0.4 is 5.32 Å². The molecule has 0 unspecified atom stereocenters. The van der Waals surface area contributed by atoms with Crippen molar-refractivity contribution >= 4 is 28.2 Å². The van der Waals surface area contributed by atoms with Gasteiger partial charge in [-0.3, -0.25) is 0 Å². The highest BCUT2D eigenvalue weighted by Gasteiger charge is 2.01. The van der Waals surface area contributed by atoms with Crippen molar-refractivity contribution < 1.29 is 0 Å². The van der Waals surface area contributed by atoms with Gasteiger partial charge in [-0.2, -0.15) is 11.8 Å². The van der Waals surface area contributed by atoms with Crippen molar-refractivity contribution in [2.75, 3.05) is 18.1 Å². The summed E-state index contributed by atoms with van der Waals surface area (Å²) < 4.78 is 0. The van der Waals surface area contributed by atoms with Gasteiger partial charge in [-0.1, -0.05) is 31.1 Å². The summed E-state index contributed by atoms with van der Waals surface area (Å²) in [5, 5.41) is 13.1. The number of hydrogen-bond acceptors (Lipinski definition) is 5. The average Bonchev–Trinajstić information content (AvgIpc) is 2.65. The minimum Gasteiger partial charge on any atom is -0.363 e. The van der Waals surface area contributed by atoms with Crippen LogP contribution in [0.1, 0.15) is 31.2 Å². The Kier molecular flexibility index (Phi) is 5.94. The van der Waals surface area contributed by atoms with Gasteiger partial charge in [0.15, 0.2) is 0 Å². The Hall–Kier alpha value is -0.290. The molecule has 0 fully saturated rings. The second-order valence-electron chi connectivity index (χ2n) is 3.01. The quantitative estimate of drug-likeness (QED) is 0.732. The number of anilines is 1. The summed E-state index contributed by atoms with van der Waals surface area (Å²) in [6.45, 7) is 2.23. The molecule has 0 saturated heterocycles. The summed E-state index contributed by atoms with van der Waals surface area (Å²) in [5.41, 5.74) is 0. The van der Waals surface area contributed by atoms with Crippen molar-refractivity contribution in [3.8, 4) is 0 Å². The largest absolute Gasteiger partial charge is 0.363 e. The SMILES string of the molecule is CCCCCSCc1nnc(NC)s1. The van der Waals surface area contributed by atoms with Gasteiger partial charge in [0, 0.05) is 12.8 Å². The third-order valence-corrected chi connectivity index (χ3v) is 3.98. The van der Waals surface area contributed by atoms with Crippen LogP contribution in [0.2, 0.25) is 0 Å². The van der Waals surface area contributed by atoms with Gasteiger partial charge in [-0.05, 0) is 12.2 Å². The summed E-state index contributed by atoms with van der Waals surface area (Å²) in [6, 6.07) is 0. The fourth-order valence-electron chi connectivity index (χ4n) is 1.03. The molecule has 1 aromatic rings. The molecule has 1 heterocycles. The van der Waals surface area contributed by atoms with Gasteiger partial charge < -0.3 is 5.32 Å². The van der Waals surface area contributed by atoms with Gasteiger partial charge in [0.25, 0.3) is 0 Å². The van der Waals surface area contributed by atoms with Crippen LogP contribution in [0, 0.1) is 0 Å². The van der Waals surface area contributed by atoms with Crippen molar-refractivity contribution in [3.05, 3.63) is 5.01 Å². The Balaban J connectivity index is 2.12. The Bertz CT molecular complexity index is 250. The van der Waals surface area contributed by atoms with Crippen molar-refractivity contribution in [1.29, 1.82) is 0 Å². The molecule has 0 aliphatic carbocycles. The van der Waals surface area contributed by atoms with Crippen LogP contribution in [-0.2, 0) is 5.75 Å². The number of nitrogens with one attached hydrogen (secondary N) is 1. The average molecular weight is 231 g/mol. The molecule has 1 rings (SSSR count). The molecule has 80 valence electrons. The predicted molar refractivity (Wildman–Crippen MR) is 65.1 cm³/mol. The maximum absolute atomic E-state index is 4.09. The number of nitrogens with zero attached hydrogens (tertiary/aromatic N) is 2. The van der Waals surface area contributed by atoms with E-state index in [1.54, 1.807) is 11.3 Å². The van der Waals surface area contributed by atoms with Gasteiger partial charge in [-0.25, -0.2) is 0 Å². The minimum atomic E-state index is 0.911. The van der Waals surface area contributed by atoms with Crippen LogP contribution in [0.4, 0.5) is 5.13 Å². The number of rotatable bonds is 7. The van der Waals surface area contributed by atoms with E-state index in [0.29, 0.717) is 0 Å². The minimum absolute atomic E-state index is 0.911. The zero-order valence-corrected chi connectivity index (χ0v) is 10.4. The fraction of sp³-hybridized carbons (Fsp3) is 0.778. The van der Waals surface area contributed by atoms with Crippen molar-refractivity contribution in [3.63, 3.8) is 0 Å². The van der Waals surface area contributed by atoms with E-state index in [1.165, 1.54) is 25.0 Å².